The fourth-order valence-corrected chi connectivity index (χ4v) is 5.87. The van der Waals surface area contributed by atoms with E-state index >= 15 is 0 Å². The van der Waals surface area contributed by atoms with Gasteiger partial charge in [-0.2, -0.15) is 15.7 Å². The van der Waals surface area contributed by atoms with E-state index < -0.39 is 0 Å². The van der Waals surface area contributed by atoms with E-state index in [0.29, 0.717) is 0 Å². The van der Waals surface area contributed by atoms with E-state index in [2.05, 4.69) is 48.4 Å². The summed E-state index contributed by atoms with van der Waals surface area (Å²) in [7, 11) is 0.136. The monoisotopic (exact) mass is 324 g/mol. The lowest BCUT2D eigenvalue weighted by atomic mass is 10.0. The maximum absolute atomic E-state index is 9.68. The lowest BCUT2D eigenvalue weighted by molar-refractivity contribution is 0.324. The van der Waals surface area contributed by atoms with Crippen molar-refractivity contribution in [1.82, 2.24) is 4.90 Å². The van der Waals surface area contributed by atoms with Crippen molar-refractivity contribution in [3.05, 3.63) is 60.3 Å². The molecular formula is C20H24N2S. The number of nitrogens with zero attached hydrogens (tertiary/aromatic N) is 2. The van der Waals surface area contributed by atoms with Crippen molar-refractivity contribution >= 4 is 15.3 Å². The van der Waals surface area contributed by atoms with Crippen molar-refractivity contribution in [3.63, 3.8) is 0 Å². The first-order valence-electron chi connectivity index (χ1n) is 8.32. The first-order chi connectivity index (χ1) is 11.2. The molecule has 120 valence electrons. The second-order valence-corrected chi connectivity index (χ2v) is 8.52. The van der Waals surface area contributed by atoms with Gasteiger partial charge < -0.3 is 4.90 Å². The van der Waals surface area contributed by atoms with Crippen molar-refractivity contribution in [2.45, 2.75) is 38.3 Å². The van der Waals surface area contributed by atoms with Crippen LogP contribution in [0, 0.1) is 11.3 Å². The van der Waals surface area contributed by atoms with Gasteiger partial charge in [0.2, 0.25) is 0 Å². The van der Waals surface area contributed by atoms with E-state index in [1.165, 1.54) is 35.6 Å². The van der Waals surface area contributed by atoms with Crippen LogP contribution in [-0.4, -0.2) is 27.3 Å². The van der Waals surface area contributed by atoms with Crippen LogP contribution in [0.4, 0.5) is 0 Å². The number of benzene rings is 1. The van der Waals surface area contributed by atoms with Gasteiger partial charge in [0.05, 0.1) is 10.9 Å². The fourth-order valence-electron chi connectivity index (χ4n) is 3.52. The molecule has 1 aromatic rings. The normalized spacial score (nSPS) is 21.4. The first-order valence-corrected chi connectivity index (χ1v) is 9.89. The molecule has 1 unspecified atom stereocenters. The van der Waals surface area contributed by atoms with Crippen LogP contribution in [-0.2, 0) is 6.54 Å². The second-order valence-electron chi connectivity index (χ2n) is 6.31. The fraction of sp³-hybridized carbons (Fsp3) is 0.400. The van der Waals surface area contributed by atoms with Gasteiger partial charge in [-0.15, -0.1) is 0 Å². The van der Waals surface area contributed by atoms with E-state index in [0.717, 1.165) is 29.8 Å². The minimum atomic E-state index is 0.136. The molecule has 0 saturated carbocycles. The third kappa shape index (κ3) is 3.43. The summed E-state index contributed by atoms with van der Waals surface area (Å²) in [6, 6.07) is 13.2. The molecule has 2 fully saturated rings. The van der Waals surface area contributed by atoms with Crippen LogP contribution in [0.15, 0.2) is 54.8 Å². The van der Waals surface area contributed by atoms with Crippen LogP contribution < -0.4 is 0 Å². The van der Waals surface area contributed by atoms with Crippen LogP contribution in [0.5, 0.6) is 0 Å². The van der Waals surface area contributed by atoms with Crippen LogP contribution in [0.2, 0.25) is 0 Å². The van der Waals surface area contributed by atoms with Crippen LogP contribution in [0.25, 0.3) is 0 Å². The molecule has 3 rings (SSSR count). The van der Waals surface area contributed by atoms with Gasteiger partial charge in [-0.1, -0.05) is 43.5 Å². The third-order valence-electron chi connectivity index (χ3n) is 4.80. The number of rotatable bonds is 4. The van der Waals surface area contributed by atoms with Gasteiger partial charge in [0, 0.05) is 12.2 Å². The Bertz CT molecular complexity index is 673. The predicted octanol–water partition coefficient (Wildman–Crippen LogP) is 4.48. The SMILES string of the molecule is C=C(C(C#N)=S1CCCC1)C1CCC(=C)N1Cc1ccccc1. The Morgan fingerprint density at radius 1 is 1.26 bits per heavy atom. The van der Waals surface area contributed by atoms with E-state index in [1.807, 2.05) is 6.07 Å². The molecule has 2 saturated heterocycles. The Labute approximate surface area is 142 Å². The minimum absolute atomic E-state index is 0.136. The maximum atomic E-state index is 9.68. The maximum Gasteiger partial charge on any atom is 0.106 e. The van der Waals surface area contributed by atoms with Gasteiger partial charge in [-0.3, -0.25) is 0 Å². The summed E-state index contributed by atoms with van der Waals surface area (Å²) in [6.07, 6.45) is 4.55. The zero-order valence-electron chi connectivity index (χ0n) is 13.6. The highest BCUT2D eigenvalue weighted by Crippen LogP contribution is 2.36. The highest BCUT2D eigenvalue weighted by Gasteiger charge is 2.31. The molecule has 0 amide bonds. The molecule has 0 N–H and O–H groups in total. The highest BCUT2D eigenvalue weighted by atomic mass is 32.2. The van der Waals surface area contributed by atoms with Crippen molar-refractivity contribution in [2.24, 2.45) is 0 Å². The Kier molecular flexibility index (Phi) is 5.03. The predicted molar refractivity (Wildman–Crippen MR) is 100 cm³/mol. The van der Waals surface area contributed by atoms with Crippen LogP contribution >= 0.6 is 10.5 Å². The molecular weight excluding hydrogens is 300 g/mol. The van der Waals surface area contributed by atoms with Crippen molar-refractivity contribution in [3.8, 4) is 6.07 Å². The lowest BCUT2D eigenvalue weighted by Crippen LogP contribution is -2.31. The largest absolute Gasteiger partial charge is 0.364 e. The number of hydrogen-bond acceptors (Lipinski definition) is 2. The number of allylic oxidation sites excluding steroid dienone is 1. The topological polar surface area (TPSA) is 27.0 Å². The summed E-state index contributed by atoms with van der Waals surface area (Å²) >= 11 is 0. The molecule has 0 radical (unpaired) electrons. The molecule has 0 bridgehead atoms. The summed E-state index contributed by atoms with van der Waals surface area (Å²) in [6.45, 7) is 9.44. The Morgan fingerprint density at radius 2 is 1.96 bits per heavy atom. The average molecular weight is 324 g/mol. The highest BCUT2D eigenvalue weighted by molar-refractivity contribution is 8.16. The first kappa shape index (κ1) is 16.1. The Balaban J connectivity index is 1.83. The zero-order valence-corrected chi connectivity index (χ0v) is 14.4. The van der Waals surface area contributed by atoms with Gasteiger partial charge in [0.15, 0.2) is 0 Å². The molecule has 2 aliphatic heterocycles. The standard InChI is InChI=1S/C20H24N2S/c1-16-10-11-19(22(16)15-18-8-4-3-5-9-18)17(2)20(14-21)23-12-6-7-13-23/h3-5,8-9,19H,1-2,6-7,10-13,15H2. The molecule has 0 aliphatic carbocycles. The minimum Gasteiger partial charge on any atom is -0.364 e. The van der Waals surface area contributed by atoms with Crippen molar-refractivity contribution in [2.75, 3.05) is 11.5 Å². The molecule has 23 heavy (non-hydrogen) atoms. The Morgan fingerprint density at radius 3 is 2.61 bits per heavy atom. The van der Waals surface area contributed by atoms with Gasteiger partial charge in [-0.25, -0.2) is 0 Å². The van der Waals surface area contributed by atoms with E-state index in [4.69, 9.17) is 0 Å². The van der Waals surface area contributed by atoms with E-state index in [1.54, 1.807) is 0 Å². The third-order valence-corrected chi connectivity index (χ3v) is 7.29. The molecule has 0 spiro atoms. The Hall–Kier alpha value is -1.79. The summed E-state index contributed by atoms with van der Waals surface area (Å²) in [5, 5.41) is 9.68. The second kappa shape index (κ2) is 7.19. The molecule has 2 nitrogen and oxygen atoms in total. The number of hydrogen-bond donors (Lipinski definition) is 0. The smallest absolute Gasteiger partial charge is 0.106 e. The lowest BCUT2D eigenvalue weighted by Gasteiger charge is -2.29. The van der Waals surface area contributed by atoms with Crippen molar-refractivity contribution in [1.29, 1.82) is 5.26 Å². The molecule has 0 aromatic heterocycles. The molecule has 1 aromatic carbocycles. The van der Waals surface area contributed by atoms with E-state index in [-0.39, 0.29) is 16.5 Å². The van der Waals surface area contributed by atoms with Crippen LogP contribution in [0.1, 0.15) is 31.2 Å². The van der Waals surface area contributed by atoms with Gasteiger partial charge >= 0.3 is 0 Å². The zero-order chi connectivity index (χ0) is 16.2. The summed E-state index contributed by atoms with van der Waals surface area (Å²) in [5.74, 6) is 2.35. The van der Waals surface area contributed by atoms with Gasteiger partial charge in [0.25, 0.3) is 0 Å². The molecule has 1 atom stereocenters. The summed E-state index contributed by atoms with van der Waals surface area (Å²) < 4.78 is 0. The summed E-state index contributed by atoms with van der Waals surface area (Å²) in [4.78, 5) is 3.33. The molecule has 2 aliphatic rings. The number of likely N-dealkylation sites (tertiary alicyclic amines) is 1. The van der Waals surface area contributed by atoms with Crippen LogP contribution in [0.3, 0.4) is 0 Å². The number of nitriles is 1. The summed E-state index contributed by atoms with van der Waals surface area (Å²) in [5.41, 5.74) is 3.51. The van der Waals surface area contributed by atoms with Gasteiger partial charge in [-0.05, 0) is 48.3 Å². The average Bonchev–Trinajstić information content (AvgIpc) is 3.20. The quantitative estimate of drug-likeness (QED) is 0.603. The van der Waals surface area contributed by atoms with Gasteiger partial charge in [0.1, 0.15) is 6.07 Å². The van der Waals surface area contributed by atoms with Crippen molar-refractivity contribution < 1.29 is 0 Å². The van der Waals surface area contributed by atoms with E-state index in [9.17, 15) is 5.26 Å². The molecule has 3 heteroatoms. The molecule has 2 heterocycles.